The third kappa shape index (κ3) is 2.71. The molecule has 1 heterocycles. The van der Waals surface area contributed by atoms with Crippen LogP contribution in [0.25, 0.3) is 0 Å². The molecule has 3 heteroatoms. The highest BCUT2D eigenvalue weighted by Crippen LogP contribution is 2.28. The van der Waals surface area contributed by atoms with Crippen LogP contribution in [0.2, 0.25) is 0 Å². The van der Waals surface area contributed by atoms with Crippen molar-refractivity contribution in [2.24, 2.45) is 11.7 Å². The molecule has 1 unspecified atom stereocenters. The number of nitrogens with zero attached hydrogens (tertiary/aromatic N) is 1. The van der Waals surface area contributed by atoms with Crippen LogP contribution in [0.15, 0.2) is 0 Å². The lowest BCUT2D eigenvalue weighted by Crippen LogP contribution is -2.50. The van der Waals surface area contributed by atoms with Gasteiger partial charge in [0.15, 0.2) is 0 Å². The molecule has 1 saturated heterocycles. The highest BCUT2D eigenvalue weighted by atomic mass is 16.5. The van der Waals surface area contributed by atoms with Crippen LogP contribution in [0.1, 0.15) is 32.6 Å². The molecule has 1 aliphatic heterocycles. The molecule has 3 nitrogen and oxygen atoms in total. The Balaban J connectivity index is 1.83. The molecule has 1 aliphatic carbocycles. The topological polar surface area (TPSA) is 38.5 Å². The first-order valence-electron chi connectivity index (χ1n) is 6.35. The van der Waals surface area contributed by atoms with Gasteiger partial charge in [0.25, 0.3) is 0 Å². The number of nitrogens with two attached hydrogens (primary N) is 1. The molecule has 0 radical (unpaired) electrons. The zero-order valence-corrected chi connectivity index (χ0v) is 9.82. The molecule has 1 saturated carbocycles. The molecular formula is C12H24N2O. The van der Waals surface area contributed by atoms with E-state index >= 15 is 0 Å². The fraction of sp³-hybridized carbons (Fsp3) is 1.00. The van der Waals surface area contributed by atoms with Crippen molar-refractivity contribution in [1.29, 1.82) is 0 Å². The summed E-state index contributed by atoms with van der Waals surface area (Å²) in [5.41, 5.74) is 5.72. The average molecular weight is 212 g/mol. The Morgan fingerprint density at radius 2 is 2.00 bits per heavy atom. The van der Waals surface area contributed by atoms with Gasteiger partial charge in [-0.25, -0.2) is 0 Å². The molecular weight excluding hydrogens is 188 g/mol. The largest absolute Gasteiger partial charge is 0.379 e. The molecule has 1 atom stereocenters. The van der Waals surface area contributed by atoms with Crippen LogP contribution >= 0.6 is 0 Å². The summed E-state index contributed by atoms with van der Waals surface area (Å²) in [4.78, 5) is 2.65. The third-order valence-corrected chi connectivity index (χ3v) is 4.04. The van der Waals surface area contributed by atoms with Gasteiger partial charge in [0.1, 0.15) is 0 Å². The van der Waals surface area contributed by atoms with Gasteiger partial charge in [-0.05, 0) is 45.1 Å². The van der Waals surface area contributed by atoms with E-state index in [1.54, 1.807) is 0 Å². The second-order valence-corrected chi connectivity index (χ2v) is 5.07. The van der Waals surface area contributed by atoms with Gasteiger partial charge in [0, 0.05) is 18.6 Å². The fourth-order valence-electron chi connectivity index (χ4n) is 2.99. The van der Waals surface area contributed by atoms with E-state index in [1.165, 1.54) is 25.7 Å². The number of ether oxygens (including phenoxy) is 1. The van der Waals surface area contributed by atoms with Crippen LogP contribution in [-0.4, -0.2) is 43.3 Å². The highest BCUT2D eigenvalue weighted by molar-refractivity contribution is 4.84. The van der Waals surface area contributed by atoms with E-state index in [0.29, 0.717) is 6.04 Å². The first-order valence-corrected chi connectivity index (χ1v) is 6.35. The second kappa shape index (κ2) is 5.28. The van der Waals surface area contributed by atoms with Gasteiger partial charge < -0.3 is 10.5 Å². The molecule has 88 valence electrons. The predicted molar refractivity (Wildman–Crippen MR) is 61.8 cm³/mol. The molecule has 0 aromatic carbocycles. The van der Waals surface area contributed by atoms with Crippen molar-refractivity contribution in [3.63, 3.8) is 0 Å². The van der Waals surface area contributed by atoms with Gasteiger partial charge in [-0.2, -0.15) is 0 Å². The first kappa shape index (κ1) is 11.4. The van der Waals surface area contributed by atoms with E-state index < -0.39 is 0 Å². The maximum Gasteiger partial charge on any atom is 0.0619 e. The van der Waals surface area contributed by atoms with Crippen LogP contribution in [0.3, 0.4) is 0 Å². The Morgan fingerprint density at radius 1 is 1.27 bits per heavy atom. The van der Waals surface area contributed by atoms with Gasteiger partial charge >= 0.3 is 0 Å². The molecule has 0 aromatic rings. The zero-order chi connectivity index (χ0) is 10.7. The minimum absolute atomic E-state index is 0.609. The maximum absolute atomic E-state index is 5.72. The molecule has 2 aliphatic rings. The summed E-state index contributed by atoms with van der Waals surface area (Å²) >= 11 is 0. The van der Waals surface area contributed by atoms with Crippen molar-refractivity contribution < 1.29 is 4.74 Å². The minimum Gasteiger partial charge on any atom is -0.379 e. The van der Waals surface area contributed by atoms with Crippen LogP contribution in [0.4, 0.5) is 0 Å². The van der Waals surface area contributed by atoms with Gasteiger partial charge in [-0.3, -0.25) is 4.90 Å². The number of hydrogen-bond donors (Lipinski definition) is 1. The fourth-order valence-corrected chi connectivity index (χ4v) is 2.99. The summed E-state index contributed by atoms with van der Waals surface area (Å²) in [6, 6.07) is 1.41. The Morgan fingerprint density at radius 3 is 2.60 bits per heavy atom. The lowest BCUT2D eigenvalue weighted by Gasteiger charge is -2.42. The average Bonchev–Trinajstić information content (AvgIpc) is 2.30. The molecule has 0 amide bonds. The standard InChI is InChI=1S/C12H24N2O/c1-10-9-15-7-6-14(10)12-4-2-11(8-13)3-5-12/h10-12H,2-9,13H2,1H3. The van der Waals surface area contributed by atoms with Gasteiger partial charge in [-0.1, -0.05) is 0 Å². The number of rotatable bonds is 2. The Bertz CT molecular complexity index is 190. The van der Waals surface area contributed by atoms with Crippen molar-refractivity contribution in [3.05, 3.63) is 0 Å². The molecule has 2 fully saturated rings. The number of hydrogen-bond acceptors (Lipinski definition) is 3. The lowest BCUT2D eigenvalue weighted by molar-refractivity contribution is -0.0318. The summed E-state index contributed by atoms with van der Waals surface area (Å²) in [6.07, 6.45) is 5.33. The van der Waals surface area contributed by atoms with Crippen molar-refractivity contribution in [1.82, 2.24) is 4.90 Å². The van der Waals surface area contributed by atoms with E-state index in [4.69, 9.17) is 10.5 Å². The Hall–Kier alpha value is -0.120. The van der Waals surface area contributed by atoms with Crippen molar-refractivity contribution in [2.45, 2.75) is 44.7 Å². The normalized spacial score (nSPS) is 39.2. The summed E-state index contributed by atoms with van der Waals surface area (Å²) in [5.74, 6) is 0.789. The van der Waals surface area contributed by atoms with Crippen LogP contribution in [0.5, 0.6) is 0 Å². The van der Waals surface area contributed by atoms with E-state index in [1.807, 2.05) is 0 Å². The first-order chi connectivity index (χ1) is 7.31. The zero-order valence-electron chi connectivity index (χ0n) is 9.82. The summed E-state index contributed by atoms with van der Waals surface area (Å²) < 4.78 is 5.48. The molecule has 2 N–H and O–H groups in total. The second-order valence-electron chi connectivity index (χ2n) is 5.07. The van der Waals surface area contributed by atoms with Crippen LogP contribution < -0.4 is 5.73 Å². The van der Waals surface area contributed by atoms with Crippen LogP contribution in [-0.2, 0) is 4.74 Å². The molecule has 0 spiro atoms. The highest BCUT2D eigenvalue weighted by Gasteiger charge is 2.29. The summed E-state index contributed by atoms with van der Waals surface area (Å²) in [7, 11) is 0. The third-order valence-electron chi connectivity index (χ3n) is 4.04. The SMILES string of the molecule is CC1COCCN1C1CCC(CN)CC1. The number of morpholine rings is 1. The quantitative estimate of drug-likeness (QED) is 0.748. The molecule has 15 heavy (non-hydrogen) atoms. The van der Waals surface area contributed by atoms with E-state index in [-0.39, 0.29) is 0 Å². The molecule has 2 rings (SSSR count). The van der Waals surface area contributed by atoms with Gasteiger partial charge in [-0.15, -0.1) is 0 Å². The summed E-state index contributed by atoms with van der Waals surface area (Å²) in [6.45, 7) is 6.12. The van der Waals surface area contributed by atoms with E-state index in [2.05, 4.69) is 11.8 Å². The van der Waals surface area contributed by atoms with E-state index in [0.717, 1.165) is 38.3 Å². The summed E-state index contributed by atoms with van der Waals surface area (Å²) in [5, 5.41) is 0. The van der Waals surface area contributed by atoms with E-state index in [9.17, 15) is 0 Å². The smallest absolute Gasteiger partial charge is 0.0619 e. The lowest BCUT2D eigenvalue weighted by atomic mass is 9.85. The van der Waals surface area contributed by atoms with Crippen LogP contribution in [0, 0.1) is 5.92 Å². The molecule has 0 bridgehead atoms. The minimum atomic E-state index is 0.609. The Kier molecular flexibility index (Phi) is 4.00. The predicted octanol–water partition coefficient (Wildman–Crippen LogP) is 1.22. The monoisotopic (exact) mass is 212 g/mol. The van der Waals surface area contributed by atoms with Crippen molar-refractivity contribution >= 4 is 0 Å². The van der Waals surface area contributed by atoms with Crippen molar-refractivity contribution in [2.75, 3.05) is 26.3 Å². The van der Waals surface area contributed by atoms with Gasteiger partial charge in [0.05, 0.1) is 13.2 Å². The van der Waals surface area contributed by atoms with Crippen molar-refractivity contribution in [3.8, 4) is 0 Å². The Labute approximate surface area is 93.0 Å². The van der Waals surface area contributed by atoms with Gasteiger partial charge in [0.2, 0.25) is 0 Å². The maximum atomic E-state index is 5.72. The molecule has 0 aromatic heterocycles.